The molecule has 0 unspecified atom stereocenters. The van der Waals surface area contributed by atoms with Crippen LogP contribution in [0.15, 0.2) is 41.6 Å². The number of anilines is 1. The van der Waals surface area contributed by atoms with Crippen LogP contribution in [0.25, 0.3) is 0 Å². The molecule has 1 aromatic heterocycles. The van der Waals surface area contributed by atoms with Gasteiger partial charge in [0, 0.05) is 12.1 Å². The summed E-state index contributed by atoms with van der Waals surface area (Å²) in [6, 6.07) is 6.39. The van der Waals surface area contributed by atoms with Gasteiger partial charge >= 0.3 is 0 Å². The Labute approximate surface area is 153 Å². The van der Waals surface area contributed by atoms with Crippen molar-refractivity contribution in [3.05, 3.63) is 47.9 Å². The van der Waals surface area contributed by atoms with Crippen LogP contribution in [0.3, 0.4) is 0 Å². The van der Waals surface area contributed by atoms with Crippen LogP contribution in [0.1, 0.15) is 36.8 Å². The summed E-state index contributed by atoms with van der Waals surface area (Å²) in [4.78, 5) is 20.4. The first-order valence-corrected chi connectivity index (χ1v) is 9.59. The highest BCUT2D eigenvalue weighted by molar-refractivity contribution is 7.89. The molecule has 0 saturated carbocycles. The molecular formula is C17H23N5O3S. The van der Waals surface area contributed by atoms with Gasteiger partial charge in [0.05, 0.1) is 17.3 Å². The molecule has 1 amide bonds. The van der Waals surface area contributed by atoms with E-state index in [0.717, 1.165) is 5.56 Å². The predicted octanol–water partition coefficient (Wildman–Crippen LogP) is 1.31. The maximum absolute atomic E-state index is 12.0. The molecular weight excluding hydrogens is 354 g/mol. The second-order valence-corrected chi connectivity index (χ2v) is 8.42. The summed E-state index contributed by atoms with van der Waals surface area (Å²) in [5.74, 6) is 0.282. The maximum Gasteiger partial charge on any atom is 0.271 e. The van der Waals surface area contributed by atoms with Crippen LogP contribution in [0.5, 0.6) is 0 Å². The Morgan fingerprint density at radius 2 is 1.77 bits per heavy atom. The molecule has 0 atom stereocenters. The fourth-order valence-corrected chi connectivity index (χ4v) is 2.64. The molecule has 0 aliphatic heterocycles. The van der Waals surface area contributed by atoms with Crippen LogP contribution in [0.4, 0.5) is 5.82 Å². The van der Waals surface area contributed by atoms with E-state index >= 15 is 0 Å². The number of nitrogens with zero attached hydrogens (tertiary/aromatic N) is 2. The Bertz CT molecular complexity index is 857. The molecule has 2 aromatic rings. The quantitative estimate of drug-likeness (QED) is 0.696. The van der Waals surface area contributed by atoms with Crippen molar-refractivity contribution in [2.45, 2.75) is 37.6 Å². The van der Waals surface area contributed by atoms with Crippen molar-refractivity contribution in [3.8, 4) is 0 Å². The zero-order valence-corrected chi connectivity index (χ0v) is 15.8. The number of carbonyl (C=O) groups excluding carboxylic acids is 1. The normalized spacial score (nSPS) is 11.8. The van der Waals surface area contributed by atoms with Crippen molar-refractivity contribution in [1.29, 1.82) is 0 Å². The number of carbonyl (C=O) groups is 1. The van der Waals surface area contributed by atoms with E-state index in [9.17, 15) is 13.2 Å². The molecule has 140 valence electrons. The summed E-state index contributed by atoms with van der Waals surface area (Å²) >= 11 is 0. The van der Waals surface area contributed by atoms with Gasteiger partial charge in [-0.3, -0.25) is 4.79 Å². The first-order chi connectivity index (χ1) is 12.0. The summed E-state index contributed by atoms with van der Waals surface area (Å²) in [6.45, 7) is 6.26. The average Bonchev–Trinajstić information content (AvgIpc) is 2.53. The Balaban J connectivity index is 1.87. The van der Waals surface area contributed by atoms with Gasteiger partial charge in [-0.1, -0.05) is 12.1 Å². The van der Waals surface area contributed by atoms with Crippen molar-refractivity contribution in [1.82, 2.24) is 15.3 Å². The van der Waals surface area contributed by atoms with E-state index in [4.69, 9.17) is 5.14 Å². The smallest absolute Gasteiger partial charge is 0.271 e. The lowest BCUT2D eigenvalue weighted by Gasteiger charge is -2.19. The zero-order valence-electron chi connectivity index (χ0n) is 15.0. The Hall–Kier alpha value is -2.52. The number of hydrogen-bond acceptors (Lipinski definition) is 6. The molecule has 2 rings (SSSR count). The Morgan fingerprint density at radius 1 is 1.12 bits per heavy atom. The third-order valence-corrected chi connectivity index (χ3v) is 4.27. The van der Waals surface area contributed by atoms with Gasteiger partial charge in [0.15, 0.2) is 0 Å². The molecule has 9 heteroatoms. The number of rotatable bonds is 6. The molecule has 1 aromatic carbocycles. The van der Waals surface area contributed by atoms with Gasteiger partial charge in [0.1, 0.15) is 11.5 Å². The van der Waals surface area contributed by atoms with E-state index in [1.54, 1.807) is 12.1 Å². The third kappa shape index (κ3) is 6.08. The van der Waals surface area contributed by atoms with Gasteiger partial charge < -0.3 is 10.6 Å². The molecule has 8 nitrogen and oxygen atoms in total. The summed E-state index contributed by atoms with van der Waals surface area (Å²) in [5.41, 5.74) is 0.872. The van der Waals surface area contributed by atoms with Gasteiger partial charge in [-0.2, -0.15) is 0 Å². The standard InChI is InChI=1S/C17H23N5O3S/c1-17(2,3)22-16(23)14-10-21-15(11-20-14)19-9-8-12-4-6-13(7-5-12)26(18,24)25/h4-7,10-11H,8-9H2,1-3H3,(H,19,21)(H,22,23)(H2,18,24,25). The van der Waals surface area contributed by atoms with Crippen molar-refractivity contribution >= 4 is 21.7 Å². The first-order valence-electron chi connectivity index (χ1n) is 8.05. The number of aromatic nitrogens is 2. The highest BCUT2D eigenvalue weighted by Gasteiger charge is 2.16. The van der Waals surface area contributed by atoms with E-state index in [0.29, 0.717) is 18.8 Å². The number of amides is 1. The van der Waals surface area contributed by atoms with Gasteiger partial charge in [-0.05, 0) is 44.9 Å². The molecule has 0 spiro atoms. The Morgan fingerprint density at radius 3 is 2.27 bits per heavy atom. The Kier molecular flexibility index (Phi) is 5.94. The summed E-state index contributed by atoms with van der Waals surface area (Å²) in [7, 11) is -3.67. The second kappa shape index (κ2) is 7.79. The first kappa shape index (κ1) is 19.8. The van der Waals surface area contributed by atoms with Crippen LogP contribution in [0.2, 0.25) is 0 Å². The second-order valence-electron chi connectivity index (χ2n) is 6.86. The number of benzene rings is 1. The third-order valence-electron chi connectivity index (χ3n) is 3.34. The van der Waals surface area contributed by atoms with Crippen LogP contribution >= 0.6 is 0 Å². The summed E-state index contributed by atoms with van der Waals surface area (Å²) in [5, 5.41) is 11.0. The fraction of sp³-hybridized carbons (Fsp3) is 0.353. The van der Waals surface area contributed by atoms with Crippen LogP contribution < -0.4 is 15.8 Å². The number of nitrogens with one attached hydrogen (secondary N) is 2. The zero-order chi connectivity index (χ0) is 19.4. The van der Waals surface area contributed by atoms with Gasteiger partial charge in [0.2, 0.25) is 10.0 Å². The molecule has 0 fully saturated rings. The number of nitrogens with two attached hydrogens (primary N) is 1. The lowest BCUT2D eigenvalue weighted by Crippen LogP contribution is -2.41. The molecule has 1 heterocycles. The molecule has 0 aliphatic rings. The minimum atomic E-state index is -3.67. The largest absolute Gasteiger partial charge is 0.368 e. The van der Waals surface area contributed by atoms with Gasteiger partial charge in [-0.15, -0.1) is 0 Å². The number of sulfonamides is 1. The monoisotopic (exact) mass is 377 g/mol. The molecule has 26 heavy (non-hydrogen) atoms. The van der Waals surface area contributed by atoms with E-state index < -0.39 is 10.0 Å². The summed E-state index contributed by atoms with van der Waals surface area (Å²) < 4.78 is 22.4. The van der Waals surface area contributed by atoms with Crippen LogP contribution in [-0.2, 0) is 16.4 Å². The molecule has 0 bridgehead atoms. The van der Waals surface area contributed by atoms with Gasteiger partial charge in [0.25, 0.3) is 5.91 Å². The minimum absolute atomic E-state index is 0.0872. The van der Waals surface area contributed by atoms with Crippen molar-refractivity contribution in [2.24, 2.45) is 5.14 Å². The molecule has 0 radical (unpaired) electrons. The lowest BCUT2D eigenvalue weighted by atomic mass is 10.1. The summed E-state index contributed by atoms with van der Waals surface area (Å²) in [6.07, 6.45) is 3.59. The molecule has 4 N–H and O–H groups in total. The van der Waals surface area contributed by atoms with Crippen molar-refractivity contribution in [2.75, 3.05) is 11.9 Å². The van der Waals surface area contributed by atoms with Crippen molar-refractivity contribution in [3.63, 3.8) is 0 Å². The lowest BCUT2D eigenvalue weighted by molar-refractivity contribution is 0.0914. The van der Waals surface area contributed by atoms with Crippen LogP contribution in [0, 0.1) is 0 Å². The highest BCUT2D eigenvalue weighted by Crippen LogP contribution is 2.10. The SMILES string of the molecule is CC(C)(C)NC(=O)c1cnc(NCCc2ccc(S(N)(=O)=O)cc2)cn1. The topological polar surface area (TPSA) is 127 Å². The highest BCUT2D eigenvalue weighted by atomic mass is 32.2. The maximum atomic E-state index is 12.0. The molecule has 0 saturated heterocycles. The predicted molar refractivity (Wildman–Crippen MR) is 99.3 cm³/mol. The number of primary sulfonamides is 1. The van der Waals surface area contributed by atoms with Gasteiger partial charge in [-0.25, -0.2) is 23.5 Å². The van der Waals surface area contributed by atoms with E-state index in [1.807, 2.05) is 20.8 Å². The molecule has 0 aliphatic carbocycles. The van der Waals surface area contributed by atoms with E-state index in [2.05, 4.69) is 20.6 Å². The van der Waals surface area contributed by atoms with E-state index in [1.165, 1.54) is 24.5 Å². The fourth-order valence-electron chi connectivity index (χ4n) is 2.12. The van der Waals surface area contributed by atoms with Crippen LogP contribution in [-0.4, -0.2) is 36.4 Å². The average molecular weight is 377 g/mol. The minimum Gasteiger partial charge on any atom is -0.368 e. The van der Waals surface area contributed by atoms with Crippen molar-refractivity contribution < 1.29 is 13.2 Å². The number of hydrogen-bond donors (Lipinski definition) is 3. The van der Waals surface area contributed by atoms with E-state index in [-0.39, 0.29) is 22.0 Å².